The van der Waals surface area contributed by atoms with Crippen LogP contribution in [0.25, 0.3) is 0 Å². The molecule has 2 N–H and O–H groups in total. The average Bonchev–Trinajstić information content (AvgIpc) is 3.20. The monoisotopic (exact) mass is 436 g/mol. The molecule has 1 aliphatic rings. The van der Waals surface area contributed by atoms with Crippen molar-refractivity contribution in [3.05, 3.63) is 64.2 Å². The van der Waals surface area contributed by atoms with Crippen LogP contribution in [0.2, 0.25) is 5.02 Å². The molecular weight excluding hydrogens is 410 g/mol. The molecule has 3 rings (SSSR count). The van der Waals surface area contributed by atoms with E-state index < -0.39 is 11.6 Å². The number of rotatable bonds is 7. The summed E-state index contributed by atoms with van der Waals surface area (Å²) in [5.74, 6) is -1.53. The van der Waals surface area contributed by atoms with Gasteiger partial charge in [-0.3, -0.25) is 0 Å². The molecule has 1 amide bonds. The molecule has 0 spiro atoms. The minimum absolute atomic E-state index is 0.0870. The smallest absolute Gasteiger partial charge is 0.409 e. The van der Waals surface area contributed by atoms with Crippen LogP contribution in [0.5, 0.6) is 0 Å². The molecule has 30 heavy (non-hydrogen) atoms. The largest absolute Gasteiger partial charge is 0.449 e. The summed E-state index contributed by atoms with van der Waals surface area (Å²) in [5.41, 5.74) is 7.56. The first-order chi connectivity index (χ1) is 14.4. The number of nitrogens with two attached hydrogens (primary N) is 1. The molecule has 2 unspecified atom stereocenters. The van der Waals surface area contributed by atoms with E-state index in [-0.39, 0.29) is 17.9 Å². The topological polar surface area (TPSA) is 55.6 Å². The highest BCUT2D eigenvalue weighted by atomic mass is 35.5. The molecule has 1 saturated heterocycles. The molecule has 1 heterocycles. The van der Waals surface area contributed by atoms with Gasteiger partial charge in [0.25, 0.3) is 0 Å². The third-order valence-electron chi connectivity index (χ3n) is 5.59. The van der Waals surface area contributed by atoms with E-state index in [1.807, 2.05) is 13.0 Å². The Morgan fingerprint density at radius 2 is 2.13 bits per heavy atom. The fourth-order valence-electron chi connectivity index (χ4n) is 3.98. The van der Waals surface area contributed by atoms with Crippen molar-refractivity contribution >= 4 is 23.4 Å². The lowest BCUT2D eigenvalue weighted by Crippen LogP contribution is -2.29. The van der Waals surface area contributed by atoms with Crippen LogP contribution >= 0.6 is 11.6 Å². The number of hydrogen-bond donors (Lipinski definition) is 1. The Kier molecular flexibility index (Phi) is 7.53. The van der Waals surface area contributed by atoms with E-state index in [4.69, 9.17) is 22.1 Å². The normalized spacial score (nSPS) is 17.2. The summed E-state index contributed by atoms with van der Waals surface area (Å²) in [6.07, 6.45) is 2.38. The molecule has 162 valence electrons. The molecule has 0 aromatic heterocycles. The van der Waals surface area contributed by atoms with Crippen LogP contribution in [0.4, 0.5) is 19.3 Å². The quantitative estimate of drug-likeness (QED) is 0.559. The van der Waals surface area contributed by atoms with Crippen molar-refractivity contribution in [2.24, 2.45) is 5.92 Å². The van der Waals surface area contributed by atoms with Gasteiger partial charge in [0.05, 0.1) is 17.3 Å². The maximum atomic E-state index is 14.3. The molecule has 7 heteroatoms. The first-order valence-electron chi connectivity index (χ1n) is 10.3. The van der Waals surface area contributed by atoms with Gasteiger partial charge in [0.15, 0.2) is 11.6 Å². The summed E-state index contributed by atoms with van der Waals surface area (Å²) >= 11 is 6.22. The molecule has 0 saturated carbocycles. The first-order valence-corrected chi connectivity index (χ1v) is 10.7. The number of nitrogen functional groups attached to an aromatic ring is 1. The number of hydrogen-bond acceptors (Lipinski definition) is 3. The molecule has 1 fully saturated rings. The fourth-order valence-corrected chi connectivity index (χ4v) is 4.17. The average molecular weight is 437 g/mol. The van der Waals surface area contributed by atoms with E-state index in [0.717, 1.165) is 24.5 Å². The number of ether oxygens (including phenoxy) is 1. The van der Waals surface area contributed by atoms with Crippen LogP contribution in [-0.4, -0.2) is 30.7 Å². The van der Waals surface area contributed by atoms with Crippen LogP contribution in [-0.2, 0) is 11.2 Å². The molecule has 2 aromatic rings. The molecule has 1 aliphatic heterocycles. The molecule has 0 bridgehead atoms. The minimum Gasteiger partial charge on any atom is -0.449 e. The Morgan fingerprint density at radius 3 is 2.87 bits per heavy atom. The zero-order chi connectivity index (χ0) is 21.7. The number of benzene rings is 2. The Labute approximate surface area is 181 Å². The molecule has 2 aromatic carbocycles. The summed E-state index contributed by atoms with van der Waals surface area (Å²) in [4.78, 5) is 13.9. The lowest BCUT2D eigenvalue weighted by atomic mass is 9.83. The van der Waals surface area contributed by atoms with Crippen LogP contribution in [0.15, 0.2) is 36.4 Å². The van der Waals surface area contributed by atoms with Gasteiger partial charge >= 0.3 is 6.09 Å². The van der Waals surface area contributed by atoms with Gasteiger partial charge in [0.2, 0.25) is 0 Å². The molecular formula is C23H27ClF2N2O2. The number of amides is 1. The molecule has 0 radical (unpaired) electrons. The number of carbonyl (C=O) groups excluding carboxylic acids is 1. The molecule has 4 nitrogen and oxygen atoms in total. The van der Waals surface area contributed by atoms with Crippen molar-refractivity contribution in [2.45, 2.75) is 38.5 Å². The van der Waals surface area contributed by atoms with Gasteiger partial charge in [-0.15, -0.1) is 0 Å². The van der Waals surface area contributed by atoms with Gasteiger partial charge in [-0.25, -0.2) is 13.6 Å². The Bertz CT molecular complexity index is 894. The predicted molar refractivity (Wildman–Crippen MR) is 115 cm³/mol. The fraction of sp³-hybridized carbons (Fsp3) is 0.435. The van der Waals surface area contributed by atoms with E-state index in [0.29, 0.717) is 48.8 Å². The van der Waals surface area contributed by atoms with Crippen molar-refractivity contribution in [3.63, 3.8) is 0 Å². The summed E-state index contributed by atoms with van der Waals surface area (Å²) in [6.45, 7) is 3.59. The van der Waals surface area contributed by atoms with Crippen LogP contribution in [0.1, 0.15) is 43.2 Å². The van der Waals surface area contributed by atoms with Crippen LogP contribution in [0.3, 0.4) is 0 Å². The van der Waals surface area contributed by atoms with E-state index in [9.17, 15) is 13.6 Å². The predicted octanol–water partition coefficient (Wildman–Crippen LogP) is 5.79. The lowest BCUT2D eigenvalue weighted by Gasteiger charge is -2.23. The molecule has 0 aliphatic carbocycles. The molecule has 2 atom stereocenters. The number of halogens is 3. The van der Waals surface area contributed by atoms with Crippen molar-refractivity contribution in [3.8, 4) is 0 Å². The standard InChI is InChI=1S/C23H27ClF2N2O2/c1-2-10-30-23(29)28-9-8-15(14-28)11-18(16-6-7-21(27)19(24)13-16)12-17-4-3-5-20(25)22(17)26/h3-7,13,15,18H,2,8-12,14,27H2,1H3. The zero-order valence-electron chi connectivity index (χ0n) is 17.0. The summed E-state index contributed by atoms with van der Waals surface area (Å²) in [6, 6.07) is 9.64. The number of anilines is 1. The second-order valence-electron chi connectivity index (χ2n) is 7.85. The van der Waals surface area contributed by atoms with E-state index in [1.165, 1.54) is 6.07 Å². The highest BCUT2D eigenvalue weighted by molar-refractivity contribution is 6.33. The van der Waals surface area contributed by atoms with Gasteiger partial charge in [0.1, 0.15) is 0 Å². The third-order valence-corrected chi connectivity index (χ3v) is 5.91. The van der Waals surface area contributed by atoms with Gasteiger partial charge in [-0.1, -0.05) is 36.7 Å². The number of nitrogens with zero attached hydrogens (tertiary/aromatic N) is 1. The van der Waals surface area contributed by atoms with E-state index >= 15 is 0 Å². The van der Waals surface area contributed by atoms with Gasteiger partial charge in [0, 0.05) is 13.1 Å². The summed E-state index contributed by atoms with van der Waals surface area (Å²) < 4.78 is 33.3. The zero-order valence-corrected chi connectivity index (χ0v) is 17.8. The number of carbonyl (C=O) groups is 1. The summed E-state index contributed by atoms with van der Waals surface area (Å²) in [7, 11) is 0. The Balaban J connectivity index is 1.77. The second kappa shape index (κ2) is 10.1. The summed E-state index contributed by atoms with van der Waals surface area (Å²) in [5, 5.41) is 0.438. The van der Waals surface area contributed by atoms with Crippen molar-refractivity contribution in [2.75, 3.05) is 25.4 Å². The van der Waals surface area contributed by atoms with Gasteiger partial charge in [-0.2, -0.15) is 0 Å². The minimum atomic E-state index is -0.854. The Hall–Kier alpha value is -2.34. The SMILES string of the molecule is CCCOC(=O)N1CCC(CC(Cc2cccc(F)c2F)c2ccc(N)c(Cl)c2)C1. The maximum Gasteiger partial charge on any atom is 0.409 e. The van der Waals surface area contributed by atoms with E-state index in [1.54, 1.807) is 23.1 Å². The maximum absolute atomic E-state index is 14.3. The second-order valence-corrected chi connectivity index (χ2v) is 8.25. The number of likely N-dealkylation sites (tertiary alicyclic amines) is 1. The van der Waals surface area contributed by atoms with E-state index in [2.05, 4.69) is 0 Å². The van der Waals surface area contributed by atoms with Crippen molar-refractivity contribution in [1.29, 1.82) is 0 Å². The lowest BCUT2D eigenvalue weighted by molar-refractivity contribution is 0.109. The van der Waals surface area contributed by atoms with Crippen molar-refractivity contribution in [1.82, 2.24) is 4.90 Å². The first kappa shape index (κ1) is 22.3. The van der Waals surface area contributed by atoms with Gasteiger partial charge < -0.3 is 15.4 Å². The highest BCUT2D eigenvalue weighted by Gasteiger charge is 2.30. The highest BCUT2D eigenvalue weighted by Crippen LogP contribution is 2.35. The Morgan fingerprint density at radius 1 is 1.33 bits per heavy atom. The third kappa shape index (κ3) is 5.42. The van der Waals surface area contributed by atoms with Crippen LogP contribution in [0, 0.1) is 17.6 Å². The van der Waals surface area contributed by atoms with Gasteiger partial charge in [-0.05, 0) is 66.8 Å². The van der Waals surface area contributed by atoms with Crippen molar-refractivity contribution < 1.29 is 18.3 Å². The van der Waals surface area contributed by atoms with Crippen LogP contribution < -0.4 is 5.73 Å².